The van der Waals surface area contributed by atoms with E-state index < -0.39 is 0 Å². The maximum atomic E-state index is 5.86. The van der Waals surface area contributed by atoms with Gasteiger partial charge in [-0.1, -0.05) is 12.1 Å². The van der Waals surface area contributed by atoms with Gasteiger partial charge in [0.1, 0.15) is 0 Å². The summed E-state index contributed by atoms with van der Waals surface area (Å²) >= 11 is 5.22. The average molecular weight is 246 g/mol. The molecule has 1 aliphatic rings. The van der Waals surface area contributed by atoms with Gasteiger partial charge in [-0.15, -0.1) is 5.10 Å². The molecule has 1 aromatic heterocycles. The predicted molar refractivity (Wildman–Crippen MR) is 69.8 cm³/mol. The molecule has 1 aromatic carbocycles. The number of fused-ring (bicyclic) bond motifs is 1. The fourth-order valence-corrected chi connectivity index (χ4v) is 2.75. The van der Waals surface area contributed by atoms with Gasteiger partial charge in [-0.2, -0.15) is 0 Å². The molecule has 0 spiro atoms. The maximum absolute atomic E-state index is 5.86. The molecule has 0 amide bonds. The molecule has 3 N–H and O–H groups in total. The van der Waals surface area contributed by atoms with Gasteiger partial charge in [-0.25, -0.2) is 5.10 Å². The normalized spacial score (nSPS) is 14.6. The first kappa shape index (κ1) is 10.5. The molecule has 88 valence electrons. The monoisotopic (exact) mass is 246 g/mol. The number of nitrogens with one attached hydrogen (secondary N) is 1. The second-order valence-corrected chi connectivity index (χ2v) is 4.73. The summed E-state index contributed by atoms with van der Waals surface area (Å²) in [6.45, 7) is 0. The Balaban J connectivity index is 2.25. The van der Waals surface area contributed by atoms with Gasteiger partial charge in [0.05, 0.1) is 5.69 Å². The van der Waals surface area contributed by atoms with Crippen LogP contribution in [0.15, 0.2) is 18.2 Å². The summed E-state index contributed by atoms with van der Waals surface area (Å²) < 4.78 is 2.38. The molecule has 0 unspecified atom stereocenters. The van der Waals surface area contributed by atoms with Crippen LogP contribution in [0.1, 0.15) is 24.0 Å². The standard InChI is InChI=1S/C12H14N4S/c13-11-14-15-12(17)16(11)10-7-3-5-8-4-1-2-6-9(8)10/h3,5,7H,1-2,4,6H2,(H2,13,14)(H,15,17). The Bertz CT molecular complexity index is 611. The first-order valence-electron chi connectivity index (χ1n) is 5.81. The van der Waals surface area contributed by atoms with Crippen molar-refractivity contribution in [1.82, 2.24) is 14.8 Å². The Hall–Kier alpha value is -1.62. The molecule has 3 rings (SSSR count). The van der Waals surface area contributed by atoms with Gasteiger partial charge < -0.3 is 5.73 Å². The molecule has 2 aromatic rings. The lowest BCUT2D eigenvalue weighted by Gasteiger charge is -2.19. The highest BCUT2D eigenvalue weighted by molar-refractivity contribution is 7.71. The van der Waals surface area contributed by atoms with Gasteiger partial charge >= 0.3 is 0 Å². The molecule has 4 nitrogen and oxygen atoms in total. The lowest BCUT2D eigenvalue weighted by Crippen LogP contribution is -2.10. The fourth-order valence-electron chi connectivity index (χ4n) is 2.51. The van der Waals surface area contributed by atoms with Crippen molar-refractivity contribution < 1.29 is 0 Å². The van der Waals surface area contributed by atoms with E-state index in [0.29, 0.717) is 10.7 Å². The molecule has 1 heterocycles. The molecule has 0 saturated carbocycles. The number of nitrogens with two attached hydrogens (primary N) is 1. The number of hydrogen-bond donors (Lipinski definition) is 2. The number of rotatable bonds is 1. The van der Waals surface area contributed by atoms with E-state index in [9.17, 15) is 0 Å². The molecular formula is C12H14N4S. The highest BCUT2D eigenvalue weighted by atomic mass is 32.1. The van der Waals surface area contributed by atoms with Crippen LogP contribution < -0.4 is 5.73 Å². The lowest BCUT2D eigenvalue weighted by molar-refractivity contribution is 0.681. The largest absolute Gasteiger partial charge is 0.368 e. The number of aryl methyl sites for hydroxylation is 1. The smallest absolute Gasteiger partial charge is 0.225 e. The molecule has 0 saturated heterocycles. The Kier molecular flexibility index (Phi) is 2.48. The van der Waals surface area contributed by atoms with Gasteiger partial charge in [0.25, 0.3) is 0 Å². The summed E-state index contributed by atoms with van der Waals surface area (Å²) in [5.41, 5.74) is 9.72. The van der Waals surface area contributed by atoms with Crippen molar-refractivity contribution >= 4 is 18.2 Å². The number of H-pyrrole nitrogens is 1. The zero-order valence-corrected chi connectivity index (χ0v) is 10.3. The third-order valence-corrected chi connectivity index (χ3v) is 3.58. The lowest BCUT2D eigenvalue weighted by atomic mass is 9.90. The SMILES string of the molecule is Nc1n[nH]c(=S)n1-c1cccc2c1CCCC2. The molecule has 0 aliphatic heterocycles. The number of nitrogens with zero attached hydrogens (tertiary/aromatic N) is 2. The van der Waals surface area contributed by atoms with Crippen LogP contribution in [0.2, 0.25) is 0 Å². The van der Waals surface area contributed by atoms with Crippen LogP contribution in [0, 0.1) is 4.77 Å². The summed E-state index contributed by atoms with van der Waals surface area (Å²) in [6, 6.07) is 6.32. The van der Waals surface area contributed by atoms with Crippen LogP contribution in [0.25, 0.3) is 5.69 Å². The third-order valence-electron chi connectivity index (χ3n) is 3.31. The second-order valence-electron chi connectivity index (χ2n) is 4.34. The van der Waals surface area contributed by atoms with Gasteiger partial charge in [0.15, 0.2) is 0 Å². The molecule has 0 atom stereocenters. The number of benzene rings is 1. The minimum Gasteiger partial charge on any atom is -0.368 e. The maximum Gasteiger partial charge on any atom is 0.225 e. The van der Waals surface area contributed by atoms with E-state index in [1.54, 1.807) is 0 Å². The number of aromatic amines is 1. The van der Waals surface area contributed by atoms with E-state index in [-0.39, 0.29) is 0 Å². The fraction of sp³-hybridized carbons (Fsp3) is 0.333. The zero-order chi connectivity index (χ0) is 11.8. The second kappa shape index (κ2) is 4.00. The van der Waals surface area contributed by atoms with Crippen LogP contribution in [0.5, 0.6) is 0 Å². The van der Waals surface area contributed by atoms with Crippen molar-refractivity contribution in [2.75, 3.05) is 5.73 Å². The van der Waals surface area contributed by atoms with E-state index in [2.05, 4.69) is 28.4 Å². The molecule has 0 radical (unpaired) electrons. The van der Waals surface area contributed by atoms with Crippen LogP contribution in [0.4, 0.5) is 5.95 Å². The van der Waals surface area contributed by atoms with E-state index in [1.165, 1.54) is 24.0 Å². The number of aromatic nitrogens is 3. The van der Waals surface area contributed by atoms with Gasteiger partial charge in [-0.3, -0.25) is 4.57 Å². The number of nitrogen functional groups attached to an aromatic ring is 1. The Morgan fingerprint density at radius 1 is 1.29 bits per heavy atom. The van der Waals surface area contributed by atoms with Crippen LogP contribution in [-0.2, 0) is 12.8 Å². The Labute approximate surface area is 104 Å². The molecule has 1 aliphatic carbocycles. The molecule has 0 fully saturated rings. The first-order chi connectivity index (χ1) is 8.27. The Morgan fingerprint density at radius 2 is 2.12 bits per heavy atom. The van der Waals surface area contributed by atoms with E-state index in [1.807, 2.05) is 4.57 Å². The molecule has 5 heteroatoms. The van der Waals surface area contributed by atoms with E-state index in [4.69, 9.17) is 18.0 Å². The van der Waals surface area contributed by atoms with Gasteiger partial charge in [0, 0.05) is 0 Å². The van der Waals surface area contributed by atoms with Crippen LogP contribution >= 0.6 is 12.2 Å². The summed E-state index contributed by atoms with van der Waals surface area (Å²) in [5.74, 6) is 0.425. The number of hydrogen-bond acceptors (Lipinski definition) is 3. The summed E-state index contributed by atoms with van der Waals surface area (Å²) in [4.78, 5) is 0. The molecule has 0 bridgehead atoms. The van der Waals surface area contributed by atoms with Crippen LogP contribution in [-0.4, -0.2) is 14.8 Å². The van der Waals surface area contributed by atoms with E-state index in [0.717, 1.165) is 18.5 Å². The molecular weight excluding hydrogens is 232 g/mol. The highest BCUT2D eigenvalue weighted by Crippen LogP contribution is 2.27. The first-order valence-corrected chi connectivity index (χ1v) is 6.22. The minimum atomic E-state index is 0.425. The van der Waals surface area contributed by atoms with Gasteiger partial charge in [-0.05, 0) is 55.1 Å². The van der Waals surface area contributed by atoms with Gasteiger partial charge in [0.2, 0.25) is 10.7 Å². The predicted octanol–water partition coefficient (Wildman–Crippen LogP) is 2.39. The van der Waals surface area contributed by atoms with Crippen molar-refractivity contribution in [3.8, 4) is 5.69 Å². The summed E-state index contributed by atoms with van der Waals surface area (Å²) in [6.07, 6.45) is 4.74. The van der Waals surface area contributed by atoms with Crippen molar-refractivity contribution in [2.45, 2.75) is 25.7 Å². The Morgan fingerprint density at radius 3 is 2.88 bits per heavy atom. The summed E-state index contributed by atoms with van der Waals surface area (Å²) in [5, 5.41) is 6.70. The zero-order valence-electron chi connectivity index (χ0n) is 9.44. The van der Waals surface area contributed by atoms with E-state index >= 15 is 0 Å². The topological polar surface area (TPSA) is 59.6 Å². The summed E-state index contributed by atoms with van der Waals surface area (Å²) in [7, 11) is 0. The highest BCUT2D eigenvalue weighted by Gasteiger charge is 2.15. The van der Waals surface area contributed by atoms with Crippen molar-refractivity contribution in [2.24, 2.45) is 0 Å². The quantitative estimate of drug-likeness (QED) is 0.760. The van der Waals surface area contributed by atoms with Crippen molar-refractivity contribution in [1.29, 1.82) is 0 Å². The van der Waals surface area contributed by atoms with Crippen LogP contribution in [0.3, 0.4) is 0 Å². The molecule has 17 heavy (non-hydrogen) atoms. The van der Waals surface area contributed by atoms with Crippen molar-refractivity contribution in [3.05, 3.63) is 34.1 Å². The average Bonchev–Trinajstić information content (AvgIpc) is 2.69. The van der Waals surface area contributed by atoms with Crippen molar-refractivity contribution in [3.63, 3.8) is 0 Å². The minimum absolute atomic E-state index is 0.425. The third kappa shape index (κ3) is 1.67. The number of anilines is 1.